The van der Waals surface area contributed by atoms with Crippen LogP contribution in [0.4, 0.5) is 0 Å². The van der Waals surface area contributed by atoms with Gasteiger partial charge in [0.15, 0.2) is 18.8 Å². The zero-order valence-corrected chi connectivity index (χ0v) is 14.4. The quantitative estimate of drug-likeness (QED) is 0.460. The van der Waals surface area contributed by atoms with E-state index < -0.39 is 5.97 Å². The molecule has 5 nitrogen and oxygen atoms in total. The lowest BCUT2D eigenvalue weighted by molar-refractivity contribution is -0.148. The zero-order chi connectivity index (χ0) is 17.1. The van der Waals surface area contributed by atoms with Crippen LogP contribution in [0, 0.1) is 0 Å². The van der Waals surface area contributed by atoms with Gasteiger partial charge in [-0.2, -0.15) is 0 Å². The van der Waals surface area contributed by atoms with Crippen LogP contribution in [0.1, 0.15) is 5.89 Å². The standard InChI is InChI=1S/C16H10Cl3NO4/c17-9-5-11(19)14(6-10(9)18)22-8-16(21)23-7-15-20-12-3-1-2-4-13(12)24-15/h1-6H,7-8H2. The lowest BCUT2D eigenvalue weighted by atomic mass is 10.3. The molecule has 3 rings (SSSR count). The lowest BCUT2D eigenvalue weighted by Gasteiger charge is -2.08. The first-order chi connectivity index (χ1) is 11.5. The Morgan fingerprint density at radius 3 is 2.62 bits per heavy atom. The van der Waals surface area contributed by atoms with Crippen molar-refractivity contribution in [1.29, 1.82) is 0 Å². The van der Waals surface area contributed by atoms with Gasteiger partial charge in [0.05, 0.1) is 15.1 Å². The van der Waals surface area contributed by atoms with Gasteiger partial charge in [-0.1, -0.05) is 46.9 Å². The second-order valence-corrected chi connectivity index (χ2v) is 5.94. The number of para-hydroxylation sites is 2. The number of hydrogen-bond acceptors (Lipinski definition) is 5. The van der Waals surface area contributed by atoms with Crippen molar-refractivity contribution in [3.05, 3.63) is 57.4 Å². The largest absolute Gasteiger partial charge is 0.480 e. The molecule has 0 aliphatic heterocycles. The highest BCUT2D eigenvalue weighted by Gasteiger charge is 2.12. The Morgan fingerprint density at radius 1 is 1.08 bits per heavy atom. The van der Waals surface area contributed by atoms with Crippen molar-refractivity contribution >= 4 is 51.9 Å². The van der Waals surface area contributed by atoms with Crippen LogP contribution in [0.15, 0.2) is 40.8 Å². The normalized spacial score (nSPS) is 10.8. The van der Waals surface area contributed by atoms with E-state index in [1.165, 1.54) is 12.1 Å². The minimum atomic E-state index is -0.598. The molecule has 124 valence electrons. The van der Waals surface area contributed by atoms with E-state index in [0.29, 0.717) is 22.0 Å². The van der Waals surface area contributed by atoms with Crippen LogP contribution in [0.2, 0.25) is 15.1 Å². The molecule has 0 radical (unpaired) electrons. The molecular weight excluding hydrogens is 377 g/mol. The number of hydrogen-bond donors (Lipinski definition) is 0. The molecule has 0 saturated carbocycles. The lowest BCUT2D eigenvalue weighted by Crippen LogP contribution is -2.15. The van der Waals surface area contributed by atoms with Gasteiger partial charge in [0, 0.05) is 6.07 Å². The second-order valence-electron chi connectivity index (χ2n) is 4.72. The van der Waals surface area contributed by atoms with Crippen molar-refractivity contribution in [3.63, 3.8) is 0 Å². The molecule has 0 fully saturated rings. The highest BCUT2D eigenvalue weighted by molar-refractivity contribution is 6.43. The van der Waals surface area contributed by atoms with E-state index in [2.05, 4.69) is 4.98 Å². The predicted molar refractivity (Wildman–Crippen MR) is 90.8 cm³/mol. The van der Waals surface area contributed by atoms with Gasteiger partial charge in [0.2, 0.25) is 5.89 Å². The summed E-state index contributed by atoms with van der Waals surface area (Å²) in [7, 11) is 0. The first-order valence-corrected chi connectivity index (χ1v) is 7.94. The third kappa shape index (κ3) is 3.93. The molecule has 0 aliphatic rings. The van der Waals surface area contributed by atoms with E-state index in [0.717, 1.165) is 0 Å². The highest BCUT2D eigenvalue weighted by atomic mass is 35.5. The average Bonchev–Trinajstić information content (AvgIpc) is 2.98. The van der Waals surface area contributed by atoms with Gasteiger partial charge in [-0.3, -0.25) is 0 Å². The predicted octanol–water partition coefficient (Wildman–Crippen LogP) is 4.91. The summed E-state index contributed by atoms with van der Waals surface area (Å²) in [4.78, 5) is 15.9. The summed E-state index contributed by atoms with van der Waals surface area (Å²) >= 11 is 17.7. The van der Waals surface area contributed by atoms with Crippen LogP contribution in [0.25, 0.3) is 11.1 Å². The molecule has 1 aromatic heterocycles. The van der Waals surface area contributed by atoms with Gasteiger partial charge in [-0.15, -0.1) is 0 Å². The SMILES string of the molecule is O=C(COc1cc(Cl)c(Cl)cc1Cl)OCc1nc2ccccc2o1. The fourth-order valence-corrected chi connectivity index (χ4v) is 2.51. The maximum atomic E-state index is 11.7. The summed E-state index contributed by atoms with van der Waals surface area (Å²) in [6.07, 6.45) is 0. The zero-order valence-electron chi connectivity index (χ0n) is 12.1. The van der Waals surface area contributed by atoms with E-state index in [1.54, 1.807) is 12.1 Å². The van der Waals surface area contributed by atoms with Gasteiger partial charge in [0.25, 0.3) is 0 Å². The molecule has 1 heterocycles. The second kappa shape index (κ2) is 7.30. The Morgan fingerprint density at radius 2 is 1.83 bits per heavy atom. The van der Waals surface area contributed by atoms with Crippen LogP contribution < -0.4 is 4.74 Å². The Kier molecular flexibility index (Phi) is 5.14. The van der Waals surface area contributed by atoms with Gasteiger partial charge < -0.3 is 13.9 Å². The smallest absolute Gasteiger partial charge is 0.344 e. The first kappa shape index (κ1) is 16.9. The van der Waals surface area contributed by atoms with Crippen molar-refractivity contribution < 1.29 is 18.7 Å². The van der Waals surface area contributed by atoms with E-state index in [1.807, 2.05) is 12.1 Å². The number of halogens is 3. The number of nitrogens with zero attached hydrogens (tertiary/aromatic N) is 1. The molecule has 0 bridgehead atoms. The van der Waals surface area contributed by atoms with Crippen LogP contribution in [-0.2, 0) is 16.1 Å². The van der Waals surface area contributed by atoms with Crippen molar-refractivity contribution in [2.45, 2.75) is 6.61 Å². The summed E-state index contributed by atoms with van der Waals surface area (Å²) in [5.74, 6) is -0.0543. The number of oxazole rings is 1. The number of ether oxygens (including phenoxy) is 2. The fourth-order valence-electron chi connectivity index (χ4n) is 1.92. The molecule has 0 aliphatic carbocycles. The number of rotatable bonds is 5. The fraction of sp³-hybridized carbons (Fsp3) is 0.125. The van der Waals surface area contributed by atoms with Crippen molar-refractivity contribution in [2.75, 3.05) is 6.61 Å². The Hall–Kier alpha value is -1.95. The number of benzene rings is 2. The van der Waals surface area contributed by atoms with Crippen LogP contribution >= 0.6 is 34.8 Å². The maximum absolute atomic E-state index is 11.7. The minimum Gasteiger partial charge on any atom is -0.480 e. The third-order valence-corrected chi connectivity index (χ3v) is 4.03. The van der Waals surface area contributed by atoms with Gasteiger partial charge in [-0.05, 0) is 18.2 Å². The summed E-state index contributed by atoms with van der Waals surface area (Å²) in [5.41, 5.74) is 1.32. The molecule has 24 heavy (non-hydrogen) atoms. The summed E-state index contributed by atoms with van der Waals surface area (Å²) in [5, 5.41) is 0.819. The molecule has 0 N–H and O–H groups in total. The van der Waals surface area contributed by atoms with Crippen molar-refractivity contribution in [2.24, 2.45) is 0 Å². The van der Waals surface area contributed by atoms with E-state index >= 15 is 0 Å². The van der Waals surface area contributed by atoms with Crippen LogP contribution in [0.3, 0.4) is 0 Å². The summed E-state index contributed by atoms with van der Waals surface area (Å²) < 4.78 is 15.8. The number of fused-ring (bicyclic) bond motifs is 1. The summed E-state index contributed by atoms with van der Waals surface area (Å²) in [6, 6.07) is 10.1. The van der Waals surface area contributed by atoms with Crippen molar-refractivity contribution in [1.82, 2.24) is 4.98 Å². The average molecular weight is 387 g/mol. The van der Waals surface area contributed by atoms with E-state index in [-0.39, 0.29) is 29.0 Å². The molecule has 0 amide bonds. The number of carbonyl (C=O) groups excluding carboxylic acids is 1. The Bertz CT molecular complexity index is 861. The van der Waals surface area contributed by atoms with Gasteiger partial charge in [-0.25, -0.2) is 9.78 Å². The molecule has 0 atom stereocenters. The van der Waals surface area contributed by atoms with E-state index in [9.17, 15) is 4.79 Å². The van der Waals surface area contributed by atoms with Gasteiger partial charge in [0.1, 0.15) is 11.3 Å². The van der Waals surface area contributed by atoms with E-state index in [4.69, 9.17) is 48.7 Å². The molecule has 2 aromatic carbocycles. The monoisotopic (exact) mass is 385 g/mol. The number of aromatic nitrogens is 1. The van der Waals surface area contributed by atoms with Crippen LogP contribution in [0.5, 0.6) is 5.75 Å². The number of esters is 1. The molecular formula is C16H10Cl3NO4. The molecule has 0 unspecified atom stereocenters. The van der Waals surface area contributed by atoms with Gasteiger partial charge >= 0.3 is 5.97 Å². The molecule has 0 saturated heterocycles. The molecule has 0 spiro atoms. The molecule has 3 aromatic rings. The highest BCUT2D eigenvalue weighted by Crippen LogP contribution is 2.33. The Labute approximate surface area is 152 Å². The minimum absolute atomic E-state index is 0.0913. The topological polar surface area (TPSA) is 61.6 Å². The van der Waals surface area contributed by atoms with Crippen LogP contribution in [-0.4, -0.2) is 17.6 Å². The first-order valence-electron chi connectivity index (χ1n) is 6.80. The Balaban J connectivity index is 1.55. The summed E-state index contributed by atoms with van der Waals surface area (Å²) in [6.45, 7) is -0.427. The maximum Gasteiger partial charge on any atom is 0.344 e. The third-order valence-electron chi connectivity index (χ3n) is 3.02. The number of carbonyl (C=O) groups is 1. The molecule has 8 heteroatoms. The van der Waals surface area contributed by atoms with Crippen molar-refractivity contribution in [3.8, 4) is 5.75 Å².